The fourth-order valence-electron chi connectivity index (χ4n) is 10.6. The first kappa shape index (κ1) is 158. The summed E-state index contributed by atoms with van der Waals surface area (Å²) in [6.45, 7) is 49.9. The van der Waals surface area contributed by atoms with Crippen LogP contribution in [0.4, 0.5) is 0 Å². The van der Waals surface area contributed by atoms with Gasteiger partial charge in [-0.05, 0) is 89.6 Å². The standard InChI is InChI=1S/C30H53N3O6.C25H51N3O2.C20H40N2O2.17CH4/c1-17(2)25(34)14-11-23(29(38)19(5)6)32-27(36)16-13-24(30(39)20(7)8)33-26(35)15-12-22(31-21(9)10)28(37)18(3)4;1-18(2)25(30)22(13-9-11-15-26-19(3)4)17-24(29)23(28-21(7)8)14-10-12-16-27-20(5)6;1-15(2)11-7-8-13-19(23)21-14-10-9-12-18(22-17(5)6)20(24)16(3)4;;;;;;;;;;;;;;;;;/h17-24,31H,11-16H2,1-10H3,(H,32,36)(H,33,35);18-23,26-28H,9-17H2,1-8H3;15-18,22H,7-14H2,1-6H3,(H,21,23);17*1H4. The van der Waals surface area contributed by atoms with E-state index in [1.807, 2.05) is 55.4 Å². The molecule has 110 heavy (non-hydrogen) atoms. The molecule has 0 rings (SSSR count). The van der Waals surface area contributed by atoms with Gasteiger partial charge in [-0.2, -0.15) is 0 Å². The van der Waals surface area contributed by atoms with Gasteiger partial charge in [-0.1, -0.05) is 318 Å². The zero-order valence-electron chi connectivity index (χ0n) is 63.7. The summed E-state index contributed by atoms with van der Waals surface area (Å²) in [7, 11) is 0. The Hall–Kier alpha value is -4.10. The smallest absolute Gasteiger partial charge is 0.220 e. The highest BCUT2D eigenvalue weighted by atomic mass is 16.2. The van der Waals surface area contributed by atoms with Crippen molar-refractivity contribution in [3.05, 3.63) is 0 Å². The monoisotopic (exact) mass is 1590 g/mol. The predicted octanol–water partition coefficient (Wildman–Crippen LogP) is 22.9. The van der Waals surface area contributed by atoms with Crippen LogP contribution >= 0.6 is 0 Å². The molecule has 0 aromatic rings. The topological polar surface area (TPSA) is 267 Å². The number of hydrogen-bond donors (Lipinski definition) is 8. The third-order valence-corrected chi connectivity index (χ3v) is 16.1. The number of amides is 3. The van der Waals surface area contributed by atoms with Crippen molar-refractivity contribution < 1.29 is 47.9 Å². The first-order chi connectivity index (χ1) is 43.2. The van der Waals surface area contributed by atoms with Crippen molar-refractivity contribution in [3.63, 3.8) is 0 Å². The summed E-state index contributed by atoms with van der Waals surface area (Å²) in [5, 5.41) is 25.4. The van der Waals surface area contributed by atoms with Gasteiger partial charge >= 0.3 is 0 Å². The Morgan fingerprint density at radius 1 is 0.236 bits per heavy atom. The third-order valence-electron chi connectivity index (χ3n) is 16.1. The van der Waals surface area contributed by atoms with E-state index in [0.717, 1.165) is 83.7 Å². The molecule has 0 radical (unpaired) electrons. The van der Waals surface area contributed by atoms with Crippen LogP contribution in [0.5, 0.6) is 0 Å². The van der Waals surface area contributed by atoms with Crippen molar-refractivity contribution in [2.24, 2.45) is 47.3 Å². The summed E-state index contributed by atoms with van der Waals surface area (Å²) in [5.74, 6) is -0.526. The number of carbonyl (C=O) groups excluding carboxylic acids is 10. The van der Waals surface area contributed by atoms with Gasteiger partial charge in [0.2, 0.25) is 17.7 Å². The normalized spacial score (nSPS) is 11.6. The minimum absolute atomic E-state index is 0. The lowest BCUT2D eigenvalue weighted by molar-refractivity contribution is -0.132. The number of unbranched alkanes of at least 4 members (excludes halogenated alkanes) is 4. The maximum absolute atomic E-state index is 13.1. The van der Waals surface area contributed by atoms with Crippen molar-refractivity contribution in [1.29, 1.82) is 0 Å². The largest absolute Gasteiger partial charge is 0.356 e. The van der Waals surface area contributed by atoms with E-state index in [2.05, 4.69) is 112 Å². The van der Waals surface area contributed by atoms with Gasteiger partial charge in [0.1, 0.15) is 17.3 Å². The van der Waals surface area contributed by atoms with Gasteiger partial charge in [0, 0.05) is 110 Å². The molecule has 0 aliphatic rings. The zero-order valence-corrected chi connectivity index (χ0v) is 63.7. The van der Waals surface area contributed by atoms with Gasteiger partial charge in [0.25, 0.3) is 0 Å². The fourth-order valence-corrected chi connectivity index (χ4v) is 10.6. The van der Waals surface area contributed by atoms with Gasteiger partial charge in [0.15, 0.2) is 23.1 Å². The average molecular weight is 1590 g/mol. The Morgan fingerprint density at radius 2 is 0.527 bits per heavy atom. The van der Waals surface area contributed by atoms with E-state index in [0.29, 0.717) is 49.9 Å². The van der Waals surface area contributed by atoms with Crippen molar-refractivity contribution in [3.8, 4) is 0 Å². The third kappa shape index (κ3) is 84.8. The lowest BCUT2D eigenvalue weighted by Gasteiger charge is -2.24. The first-order valence-electron chi connectivity index (χ1n) is 36.6. The van der Waals surface area contributed by atoms with Gasteiger partial charge in [-0.3, -0.25) is 47.9 Å². The quantitative estimate of drug-likeness (QED) is 0.0263. The molecular weight excluding hydrogens is 1380 g/mol. The van der Waals surface area contributed by atoms with Crippen LogP contribution < -0.4 is 42.5 Å². The van der Waals surface area contributed by atoms with Crippen LogP contribution in [-0.2, 0) is 47.9 Å². The number of nitrogens with one attached hydrogen (secondary N) is 8. The molecule has 8 N–H and O–H groups in total. The highest BCUT2D eigenvalue weighted by Gasteiger charge is 2.31. The van der Waals surface area contributed by atoms with Crippen molar-refractivity contribution >= 4 is 58.2 Å². The van der Waals surface area contributed by atoms with Gasteiger partial charge in [-0.25, -0.2) is 0 Å². The number of Topliss-reactive ketones (excluding diaryl/α,β-unsaturated/α-hetero) is 7. The van der Waals surface area contributed by atoms with Crippen LogP contribution in [0.1, 0.15) is 421 Å². The molecule has 0 saturated heterocycles. The molecule has 18 nitrogen and oxygen atoms in total. The van der Waals surface area contributed by atoms with Crippen LogP contribution in [0.3, 0.4) is 0 Å². The summed E-state index contributed by atoms with van der Waals surface area (Å²) >= 11 is 0. The Morgan fingerprint density at radius 3 is 0.855 bits per heavy atom. The van der Waals surface area contributed by atoms with Gasteiger partial charge in [-0.15, -0.1) is 0 Å². The molecular formula is C92H212N8O10. The average Bonchev–Trinajstić information content (AvgIpc) is 0.893. The molecule has 0 heterocycles. The van der Waals surface area contributed by atoms with E-state index < -0.39 is 24.0 Å². The summed E-state index contributed by atoms with van der Waals surface area (Å²) in [6, 6.07) is -0.681. The maximum Gasteiger partial charge on any atom is 0.220 e. The number of hydrogen-bond acceptors (Lipinski definition) is 15. The Kier molecular flexibility index (Phi) is 132. The number of rotatable bonds is 53. The highest BCUT2D eigenvalue weighted by Crippen LogP contribution is 2.22. The highest BCUT2D eigenvalue weighted by molar-refractivity contribution is 5.94. The van der Waals surface area contributed by atoms with E-state index in [-0.39, 0.29) is 276 Å². The molecule has 0 aliphatic heterocycles. The summed E-state index contributed by atoms with van der Waals surface area (Å²) in [4.78, 5) is 126. The summed E-state index contributed by atoms with van der Waals surface area (Å²) < 4.78 is 0. The SMILES string of the molecule is C.C.C.C.C.C.C.C.C.C.C.C.C.C.C.C.C.CC(C)CCCCC(=O)NCCCCC(NC(C)C)C(=O)C(C)C.CC(C)NC(CCC(=O)NC(CCC(=O)NC(CCC(=O)C(C)C)C(=O)C(C)C)C(=O)C(C)C)C(=O)C(C)C.CC(C)NCCCCC(CC(=O)C(CCCCNC(C)C)NC(C)C)C(=O)C(C)C. The summed E-state index contributed by atoms with van der Waals surface area (Å²) in [6.07, 6.45) is 13.6. The van der Waals surface area contributed by atoms with Crippen molar-refractivity contribution in [1.82, 2.24) is 42.5 Å². The molecule has 0 fully saturated rings. The number of ketones is 7. The van der Waals surface area contributed by atoms with E-state index in [1.54, 1.807) is 41.5 Å². The molecule has 0 aromatic carbocycles. The Balaban J connectivity index is -0.0000000583. The molecule has 680 valence electrons. The molecule has 0 saturated carbocycles. The van der Waals surface area contributed by atoms with E-state index in [9.17, 15) is 47.9 Å². The second kappa shape index (κ2) is 92.1. The first-order valence-corrected chi connectivity index (χ1v) is 36.6. The van der Waals surface area contributed by atoms with Crippen LogP contribution in [0.2, 0.25) is 0 Å². The van der Waals surface area contributed by atoms with Crippen LogP contribution in [0.25, 0.3) is 0 Å². The molecule has 3 amide bonds. The van der Waals surface area contributed by atoms with Crippen LogP contribution in [-0.4, -0.2) is 138 Å². The van der Waals surface area contributed by atoms with E-state index in [1.165, 1.54) is 6.42 Å². The van der Waals surface area contributed by atoms with Crippen LogP contribution in [0.15, 0.2) is 0 Å². The minimum Gasteiger partial charge on any atom is -0.356 e. The zero-order chi connectivity index (χ0) is 72.1. The lowest BCUT2D eigenvalue weighted by atomic mass is 9.85. The summed E-state index contributed by atoms with van der Waals surface area (Å²) in [5.41, 5.74) is 0. The lowest BCUT2D eigenvalue weighted by Crippen LogP contribution is -2.46. The van der Waals surface area contributed by atoms with Crippen LogP contribution in [0, 0.1) is 47.3 Å². The maximum atomic E-state index is 13.1. The van der Waals surface area contributed by atoms with E-state index in [4.69, 9.17) is 0 Å². The fraction of sp³-hybridized carbons (Fsp3) is 0.891. The molecule has 6 unspecified atom stereocenters. The van der Waals surface area contributed by atoms with Gasteiger partial charge in [0.05, 0.1) is 30.2 Å². The van der Waals surface area contributed by atoms with Gasteiger partial charge < -0.3 is 42.5 Å². The second-order valence-electron chi connectivity index (χ2n) is 29.9. The minimum atomic E-state index is -0.859. The Labute approximate surface area is 693 Å². The molecule has 6 atom stereocenters. The second-order valence-corrected chi connectivity index (χ2v) is 29.9. The van der Waals surface area contributed by atoms with Crippen molar-refractivity contribution in [2.75, 3.05) is 19.6 Å². The Bertz CT molecular complexity index is 2110. The molecule has 0 aliphatic carbocycles. The number of carbonyl (C=O) groups is 10. The van der Waals surface area contributed by atoms with Crippen molar-refractivity contribution in [2.45, 2.75) is 481 Å². The molecule has 0 bridgehead atoms. The molecule has 0 spiro atoms. The molecule has 0 aromatic heterocycles. The predicted molar refractivity (Wildman–Crippen MR) is 498 cm³/mol. The van der Waals surface area contributed by atoms with E-state index >= 15 is 0 Å². The molecule has 18 heteroatoms.